The summed E-state index contributed by atoms with van der Waals surface area (Å²) in [6.45, 7) is 1.59. The highest BCUT2D eigenvalue weighted by molar-refractivity contribution is 6.20. The van der Waals surface area contributed by atoms with Crippen LogP contribution in [0, 0.1) is 0 Å². The van der Waals surface area contributed by atoms with Gasteiger partial charge in [-0.1, -0.05) is 78.9 Å². The Morgan fingerprint density at radius 3 is 2.29 bits per heavy atom. The molecule has 0 spiro atoms. The minimum atomic E-state index is -1.31. The molecular weight excluding hydrogens is 446 g/mol. The number of hydrogen-bond acceptors (Lipinski definition) is 6. The number of carbonyl (C=O) groups is 3. The maximum absolute atomic E-state index is 13.6. The summed E-state index contributed by atoms with van der Waals surface area (Å²) in [6.07, 6.45) is -2.11. The summed E-state index contributed by atoms with van der Waals surface area (Å²) >= 11 is 0. The van der Waals surface area contributed by atoms with E-state index in [0.717, 1.165) is 11.1 Å². The first-order valence-corrected chi connectivity index (χ1v) is 11.2. The lowest BCUT2D eigenvalue weighted by molar-refractivity contribution is -0.142. The Labute approximate surface area is 203 Å². The molecule has 3 aromatic rings. The third-order valence-corrected chi connectivity index (χ3v) is 5.32. The van der Waals surface area contributed by atoms with Gasteiger partial charge in [0.15, 0.2) is 0 Å². The second kappa shape index (κ2) is 11.1. The number of anilines is 1. The number of nitrogens with zero attached hydrogens (tertiary/aromatic N) is 2. The summed E-state index contributed by atoms with van der Waals surface area (Å²) in [7, 11) is 0. The van der Waals surface area contributed by atoms with Gasteiger partial charge < -0.3 is 9.47 Å². The topological polar surface area (TPSA) is 97.3 Å². The molecule has 0 radical (unpaired) electrons. The number of rotatable bonds is 7. The number of benzodiazepines with no additional fused rings is 1. The smallest absolute Gasteiger partial charge is 0.409 e. The molecule has 35 heavy (non-hydrogen) atoms. The van der Waals surface area contributed by atoms with Crippen molar-refractivity contribution in [3.63, 3.8) is 0 Å². The van der Waals surface area contributed by atoms with Crippen molar-refractivity contribution >= 4 is 29.4 Å². The van der Waals surface area contributed by atoms with Crippen molar-refractivity contribution in [2.24, 2.45) is 4.99 Å². The highest BCUT2D eigenvalue weighted by Gasteiger charge is 2.34. The van der Waals surface area contributed by atoms with E-state index in [9.17, 15) is 14.4 Å². The maximum Gasteiger partial charge on any atom is 0.409 e. The quantitative estimate of drug-likeness (QED) is 0.530. The molecule has 1 aliphatic heterocycles. The van der Waals surface area contributed by atoms with Gasteiger partial charge in [0.2, 0.25) is 6.17 Å². The summed E-state index contributed by atoms with van der Waals surface area (Å²) in [5.41, 5.74) is 3.22. The Balaban J connectivity index is 1.68. The van der Waals surface area contributed by atoms with Crippen LogP contribution in [-0.4, -0.2) is 43.0 Å². The Hall–Kier alpha value is -4.46. The number of alkyl carbamates (subject to hydrolysis) is 1. The molecule has 1 aliphatic rings. The summed E-state index contributed by atoms with van der Waals surface area (Å²) < 4.78 is 10.4. The second-order valence-electron chi connectivity index (χ2n) is 7.70. The summed E-state index contributed by atoms with van der Waals surface area (Å²) in [5.74, 6) is -1.14. The molecule has 4 rings (SSSR count). The summed E-state index contributed by atoms with van der Waals surface area (Å²) in [4.78, 5) is 44.5. The third kappa shape index (κ3) is 5.73. The van der Waals surface area contributed by atoms with E-state index < -0.39 is 24.1 Å². The zero-order valence-corrected chi connectivity index (χ0v) is 19.2. The minimum Gasteiger partial charge on any atom is -0.465 e. The van der Waals surface area contributed by atoms with Crippen LogP contribution < -0.4 is 10.2 Å². The maximum atomic E-state index is 13.6. The lowest BCUT2D eigenvalue weighted by Crippen LogP contribution is -2.49. The van der Waals surface area contributed by atoms with Crippen molar-refractivity contribution in [3.05, 3.63) is 102 Å². The van der Waals surface area contributed by atoms with Gasteiger partial charge >= 0.3 is 12.1 Å². The summed E-state index contributed by atoms with van der Waals surface area (Å²) in [5, 5.41) is 2.56. The zero-order chi connectivity index (χ0) is 24.6. The average Bonchev–Trinajstić information content (AvgIpc) is 2.99. The molecule has 1 N–H and O–H groups in total. The molecule has 0 fully saturated rings. The van der Waals surface area contributed by atoms with Crippen molar-refractivity contribution < 1.29 is 23.9 Å². The Bertz CT molecular complexity index is 1230. The highest BCUT2D eigenvalue weighted by atomic mass is 16.5. The first kappa shape index (κ1) is 23.7. The standard InChI is InChI=1S/C27H25N3O5/c1-2-34-23(31)17-30-22-16-10-9-15-21(22)24(20-13-7-4-8-14-20)28-25(26(30)32)29-27(33)35-18-19-11-5-3-6-12-19/h3-16,25H,2,17-18H2,1H3,(H,29,33)/t25-/m0/s1. The molecule has 3 aromatic carbocycles. The van der Waals surface area contributed by atoms with Crippen LogP contribution in [0.5, 0.6) is 0 Å². The van der Waals surface area contributed by atoms with Crippen LogP contribution in [-0.2, 0) is 25.7 Å². The zero-order valence-electron chi connectivity index (χ0n) is 19.2. The molecule has 8 heteroatoms. The number of esters is 1. The number of carbonyl (C=O) groups excluding carboxylic acids is 3. The Morgan fingerprint density at radius 1 is 0.914 bits per heavy atom. The van der Waals surface area contributed by atoms with Gasteiger partial charge in [0, 0.05) is 11.1 Å². The van der Waals surface area contributed by atoms with Crippen LogP contribution in [0.25, 0.3) is 0 Å². The van der Waals surface area contributed by atoms with E-state index in [1.807, 2.05) is 72.8 Å². The molecular formula is C27H25N3O5. The van der Waals surface area contributed by atoms with Gasteiger partial charge in [-0.25, -0.2) is 9.79 Å². The molecule has 178 valence electrons. The van der Waals surface area contributed by atoms with Crippen LogP contribution >= 0.6 is 0 Å². The highest BCUT2D eigenvalue weighted by Crippen LogP contribution is 2.28. The number of para-hydroxylation sites is 1. The van der Waals surface area contributed by atoms with E-state index in [2.05, 4.69) is 10.3 Å². The van der Waals surface area contributed by atoms with Crippen molar-refractivity contribution in [2.75, 3.05) is 18.1 Å². The molecule has 0 bridgehead atoms. The number of aliphatic imine (C=N–C) groups is 1. The Kier molecular flexibility index (Phi) is 7.52. The predicted octanol–water partition coefficient (Wildman–Crippen LogP) is 3.69. The molecule has 8 nitrogen and oxygen atoms in total. The van der Waals surface area contributed by atoms with Crippen molar-refractivity contribution in [3.8, 4) is 0 Å². The van der Waals surface area contributed by atoms with E-state index in [-0.39, 0.29) is 19.8 Å². The van der Waals surface area contributed by atoms with Crippen molar-refractivity contribution in [2.45, 2.75) is 19.7 Å². The fraction of sp³-hybridized carbons (Fsp3) is 0.185. The number of hydrogen-bond donors (Lipinski definition) is 1. The average molecular weight is 472 g/mol. The predicted molar refractivity (Wildman–Crippen MR) is 131 cm³/mol. The monoisotopic (exact) mass is 471 g/mol. The fourth-order valence-corrected chi connectivity index (χ4v) is 3.72. The van der Waals surface area contributed by atoms with Gasteiger partial charge in [-0.3, -0.25) is 19.8 Å². The van der Waals surface area contributed by atoms with Gasteiger partial charge in [0.1, 0.15) is 13.2 Å². The van der Waals surface area contributed by atoms with Crippen LogP contribution in [0.15, 0.2) is 89.9 Å². The molecule has 1 atom stereocenters. The number of ether oxygens (including phenoxy) is 2. The van der Waals surface area contributed by atoms with Crippen LogP contribution in [0.2, 0.25) is 0 Å². The summed E-state index contributed by atoms with van der Waals surface area (Å²) in [6, 6.07) is 25.7. The largest absolute Gasteiger partial charge is 0.465 e. The first-order chi connectivity index (χ1) is 17.1. The van der Waals surface area contributed by atoms with Gasteiger partial charge in [-0.15, -0.1) is 0 Å². The van der Waals surface area contributed by atoms with Crippen molar-refractivity contribution in [1.82, 2.24) is 5.32 Å². The van der Waals surface area contributed by atoms with Gasteiger partial charge in [0.25, 0.3) is 5.91 Å². The van der Waals surface area contributed by atoms with Gasteiger partial charge in [0.05, 0.1) is 18.0 Å². The van der Waals surface area contributed by atoms with Gasteiger partial charge in [-0.05, 0) is 18.6 Å². The van der Waals surface area contributed by atoms with Crippen LogP contribution in [0.4, 0.5) is 10.5 Å². The SMILES string of the molecule is CCOC(=O)CN1C(=O)[C@H](NC(=O)OCc2ccccc2)N=C(c2ccccc2)c2ccccc21. The molecule has 0 aromatic heterocycles. The molecule has 0 aliphatic carbocycles. The van der Waals surface area contributed by atoms with E-state index in [1.54, 1.807) is 19.1 Å². The molecule has 0 unspecified atom stereocenters. The number of nitrogens with one attached hydrogen (secondary N) is 1. The third-order valence-electron chi connectivity index (χ3n) is 5.32. The van der Waals surface area contributed by atoms with Crippen molar-refractivity contribution in [1.29, 1.82) is 0 Å². The molecule has 2 amide bonds. The fourth-order valence-electron chi connectivity index (χ4n) is 3.72. The van der Waals surface area contributed by atoms with E-state index in [0.29, 0.717) is 17.0 Å². The molecule has 0 saturated heterocycles. The van der Waals surface area contributed by atoms with E-state index >= 15 is 0 Å². The second-order valence-corrected chi connectivity index (χ2v) is 7.70. The minimum absolute atomic E-state index is 0.0373. The molecule has 1 heterocycles. The lowest BCUT2D eigenvalue weighted by atomic mass is 10.0. The van der Waals surface area contributed by atoms with Crippen LogP contribution in [0.1, 0.15) is 23.6 Å². The molecule has 0 saturated carbocycles. The van der Waals surface area contributed by atoms with Gasteiger partial charge in [-0.2, -0.15) is 0 Å². The number of benzene rings is 3. The lowest BCUT2D eigenvalue weighted by Gasteiger charge is -2.24. The Morgan fingerprint density at radius 2 is 1.57 bits per heavy atom. The van der Waals surface area contributed by atoms with Crippen LogP contribution in [0.3, 0.4) is 0 Å². The van der Waals surface area contributed by atoms with E-state index in [4.69, 9.17) is 9.47 Å². The van der Waals surface area contributed by atoms with E-state index in [1.165, 1.54) is 4.90 Å². The first-order valence-electron chi connectivity index (χ1n) is 11.2. The normalized spacial score (nSPS) is 14.9. The number of amides is 2. The number of fused-ring (bicyclic) bond motifs is 1.